The van der Waals surface area contributed by atoms with Crippen LogP contribution in [-0.2, 0) is 6.54 Å². The molecule has 0 atom stereocenters. The van der Waals surface area contributed by atoms with Gasteiger partial charge in [0.15, 0.2) is 0 Å². The van der Waals surface area contributed by atoms with E-state index in [0.29, 0.717) is 24.6 Å². The minimum Gasteiger partial charge on any atom is -0.494 e. The first-order valence-electron chi connectivity index (χ1n) is 5.87. The Labute approximate surface area is 106 Å². The van der Waals surface area contributed by atoms with Crippen LogP contribution in [-0.4, -0.2) is 11.6 Å². The molecule has 96 valence electrons. The van der Waals surface area contributed by atoms with E-state index in [0.717, 1.165) is 12.2 Å². The normalized spacial score (nSPS) is 10.3. The molecule has 0 saturated carbocycles. The Balaban J connectivity index is 1.97. The third kappa shape index (κ3) is 3.24. The fraction of sp³-hybridized carbons (Fsp3) is 0.308. The third-order valence-corrected chi connectivity index (χ3v) is 2.24. The van der Waals surface area contributed by atoms with Gasteiger partial charge in [0.2, 0.25) is 0 Å². The summed E-state index contributed by atoms with van der Waals surface area (Å²) >= 11 is 0. The summed E-state index contributed by atoms with van der Waals surface area (Å²) < 4.78 is 16.0. The zero-order valence-corrected chi connectivity index (χ0v) is 10.3. The lowest BCUT2D eigenvalue weighted by Crippen LogP contribution is -1.96. The van der Waals surface area contributed by atoms with E-state index in [1.165, 1.54) is 6.26 Å². The SMILES string of the molecule is CCCOc1ccc(Oc2nc(CN)co2)cc1. The highest BCUT2D eigenvalue weighted by Crippen LogP contribution is 2.23. The Morgan fingerprint density at radius 2 is 1.94 bits per heavy atom. The van der Waals surface area contributed by atoms with Crippen molar-refractivity contribution < 1.29 is 13.9 Å². The second-order valence-electron chi connectivity index (χ2n) is 3.73. The molecule has 2 N–H and O–H groups in total. The van der Waals surface area contributed by atoms with Crippen LogP contribution in [0.2, 0.25) is 0 Å². The lowest BCUT2D eigenvalue weighted by molar-refractivity contribution is 0.314. The highest BCUT2D eigenvalue weighted by molar-refractivity contribution is 5.32. The summed E-state index contributed by atoms with van der Waals surface area (Å²) in [6, 6.07) is 7.30. The number of hydrogen-bond acceptors (Lipinski definition) is 5. The van der Waals surface area contributed by atoms with Gasteiger partial charge < -0.3 is 19.6 Å². The van der Waals surface area contributed by atoms with E-state index in [9.17, 15) is 0 Å². The Hall–Kier alpha value is -2.01. The van der Waals surface area contributed by atoms with Crippen LogP contribution in [0.4, 0.5) is 0 Å². The van der Waals surface area contributed by atoms with Gasteiger partial charge in [0.05, 0.1) is 12.3 Å². The molecule has 0 radical (unpaired) electrons. The monoisotopic (exact) mass is 248 g/mol. The van der Waals surface area contributed by atoms with Crippen molar-refractivity contribution in [2.24, 2.45) is 5.73 Å². The molecule has 0 aliphatic carbocycles. The number of nitrogens with zero attached hydrogens (tertiary/aromatic N) is 1. The zero-order valence-electron chi connectivity index (χ0n) is 10.3. The minimum absolute atomic E-state index is 0.192. The molecule has 0 aliphatic rings. The van der Waals surface area contributed by atoms with E-state index in [4.69, 9.17) is 19.6 Å². The van der Waals surface area contributed by atoms with E-state index in [1.807, 2.05) is 12.1 Å². The molecule has 0 bridgehead atoms. The Kier molecular flexibility index (Phi) is 4.20. The summed E-state index contributed by atoms with van der Waals surface area (Å²) in [5.41, 5.74) is 6.09. The van der Waals surface area contributed by atoms with Crippen LogP contribution >= 0.6 is 0 Å². The first-order chi connectivity index (χ1) is 8.81. The average Bonchev–Trinajstić information content (AvgIpc) is 2.86. The number of nitrogens with two attached hydrogens (primary N) is 1. The third-order valence-electron chi connectivity index (χ3n) is 2.24. The average molecular weight is 248 g/mol. The van der Waals surface area contributed by atoms with E-state index in [-0.39, 0.29) is 6.08 Å². The largest absolute Gasteiger partial charge is 0.494 e. The maximum absolute atomic E-state index is 5.47. The van der Waals surface area contributed by atoms with Crippen LogP contribution in [0, 0.1) is 0 Å². The van der Waals surface area contributed by atoms with Crippen LogP contribution in [0.3, 0.4) is 0 Å². The highest BCUT2D eigenvalue weighted by Gasteiger charge is 2.05. The van der Waals surface area contributed by atoms with Gasteiger partial charge in [-0.1, -0.05) is 6.92 Å². The predicted octanol–water partition coefficient (Wildman–Crippen LogP) is 2.71. The number of hydrogen-bond donors (Lipinski definition) is 1. The molecule has 0 saturated heterocycles. The van der Waals surface area contributed by atoms with Gasteiger partial charge in [-0.2, -0.15) is 4.98 Å². The summed E-state index contributed by atoms with van der Waals surface area (Å²) in [5, 5.41) is 0. The quantitative estimate of drug-likeness (QED) is 0.851. The van der Waals surface area contributed by atoms with Gasteiger partial charge in [-0.15, -0.1) is 0 Å². The highest BCUT2D eigenvalue weighted by atomic mass is 16.6. The number of benzene rings is 1. The zero-order chi connectivity index (χ0) is 12.8. The maximum atomic E-state index is 5.47. The molecule has 0 fully saturated rings. The van der Waals surface area contributed by atoms with Crippen molar-refractivity contribution in [3.63, 3.8) is 0 Å². The van der Waals surface area contributed by atoms with Crippen molar-refractivity contribution in [2.45, 2.75) is 19.9 Å². The molecule has 5 nitrogen and oxygen atoms in total. The predicted molar refractivity (Wildman–Crippen MR) is 66.7 cm³/mol. The lowest BCUT2D eigenvalue weighted by Gasteiger charge is -2.05. The van der Waals surface area contributed by atoms with Crippen molar-refractivity contribution in [2.75, 3.05) is 6.61 Å². The maximum Gasteiger partial charge on any atom is 0.399 e. The second kappa shape index (κ2) is 6.07. The molecule has 1 heterocycles. The summed E-state index contributed by atoms with van der Waals surface area (Å²) in [6.45, 7) is 3.10. The Bertz CT molecular complexity index is 479. The summed E-state index contributed by atoms with van der Waals surface area (Å²) in [7, 11) is 0. The minimum atomic E-state index is 0.192. The van der Waals surface area contributed by atoms with E-state index in [2.05, 4.69) is 11.9 Å². The number of oxazole rings is 1. The van der Waals surface area contributed by atoms with Crippen molar-refractivity contribution in [1.29, 1.82) is 0 Å². The van der Waals surface area contributed by atoms with Crippen molar-refractivity contribution in [3.8, 4) is 17.6 Å². The molecular formula is C13H16N2O3. The molecule has 1 aromatic heterocycles. The van der Waals surface area contributed by atoms with Gasteiger partial charge in [0.1, 0.15) is 17.8 Å². The van der Waals surface area contributed by atoms with E-state index < -0.39 is 0 Å². The molecule has 1 aromatic carbocycles. The fourth-order valence-electron chi connectivity index (χ4n) is 1.35. The number of aromatic nitrogens is 1. The Morgan fingerprint density at radius 3 is 2.56 bits per heavy atom. The standard InChI is InChI=1S/C13H16N2O3/c1-2-7-16-11-3-5-12(6-4-11)18-13-15-10(8-14)9-17-13/h3-6,9H,2,7-8,14H2,1H3. The van der Waals surface area contributed by atoms with Crippen LogP contribution in [0.15, 0.2) is 34.9 Å². The number of ether oxygens (including phenoxy) is 2. The number of rotatable bonds is 6. The van der Waals surface area contributed by atoms with Gasteiger partial charge in [0, 0.05) is 6.54 Å². The van der Waals surface area contributed by atoms with Gasteiger partial charge >= 0.3 is 6.08 Å². The summed E-state index contributed by atoms with van der Waals surface area (Å²) in [5.74, 6) is 1.46. The van der Waals surface area contributed by atoms with Crippen molar-refractivity contribution >= 4 is 0 Å². The smallest absolute Gasteiger partial charge is 0.399 e. The first kappa shape index (κ1) is 12.4. The molecule has 2 aromatic rings. The van der Waals surface area contributed by atoms with Crippen LogP contribution < -0.4 is 15.2 Å². The van der Waals surface area contributed by atoms with Crippen molar-refractivity contribution in [1.82, 2.24) is 4.98 Å². The van der Waals surface area contributed by atoms with Gasteiger partial charge in [-0.05, 0) is 30.7 Å². The summed E-state index contributed by atoms with van der Waals surface area (Å²) in [6.07, 6.45) is 2.66. The van der Waals surface area contributed by atoms with Crippen LogP contribution in [0.5, 0.6) is 17.6 Å². The molecule has 0 amide bonds. The van der Waals surface area contributed by atoms with Crippen LogP contribution in [0.25, 0.3) is 0 Å². The van der Waals surface area contributed by atoms with E-state index in [1.54, 1.807) is 12.1 Å². The summed E-state index contributed by atoms with van der Waals surface area (Å²) in [4.78, 5) is 4.05. The molecular weight excluding hydrogens is 232 g/mol. The second-order valence-corrected chi connectivity index (χ2v) is 3.73. The Morgan fingerprint density at radius 1 is 1.22 bits per heavy atom. The van der Waals surface area contributed by atoms with Gasteiger partial charge in [-0.3, -0.25) is 0 Å². The van der Waals surface area contributed by atoms with Gasteiger partial charge in [0.25, 0.3) is 0 Å². The first-order valence-corrected chi connectivity index (χ1v) is 5.87. The van der Waals surface area contributed by atoms with Crippen LogP contribution in [0.1, 0.15) is 19.0 Å². The molecule has 5 heteroatoms. The molecule has 0 unspecified atom stereocenters. The molecule has 0 spiro atoms. The molecule has 18 heavy (non-hydrogen) atoms. The fourth-order valence-corrected chi connectivity index (χ4v) is 1.35. The molecule has 0 aliphatic heterocycles. The molecule has 2 rings (SSSR count). The lowest BCUT2D eigenvalue weighted by atomic mass is 10.3. The topological polar surface area (TPSA) is 70.5 Å². The van der Waals surface area contributed by atoms with Crippen molar-refractivity contribution in [3.05, 3.63) is 36.2 Å². The van der Waals surface area contributed by atoms with E-state index >= 15 is 0 Å². The van der Waals surface area contributed by atoms with Gasteiger partial charge in [-0.25, -0.2) is 0 Å².